The molecule has 3 aromatic carbocycles. The Labute approximate surface area is 237 Å². The van der Waals surface area contributed by atoms with Gasteiger partial charge in [-0.05, 0) is 0 Å². The summed E-state index contributed by atoms with van der Waals surface area (Å²) in [6.45, 7) is -1.14. The Kier molecular flexibility index (Phi) is 10.6. The minimum absolute atomic E-state index is 0. The molecule has 0 amide bonds. The molecule has 4 rings (SSSR count). The molecule has 0 aromatic heterocycles. The van der Waals surface area contributed by atoms with Gasteiger partial charge in [-0.2, -0.15) is 0 Å². The second-order valence-electron chi connectivity index (χ2n) is 7.62. The van der Waals surface area contributed by atoms with E-state index in [0.717, 1.165) is 0 Å². The van der Waals surface area contributed by atoms with Gasteiger partial charge in [-0.25, -0.2) is 0 Å². The molecule has 1 atom stereocenters. The van der Waals surface area contributed by atoms with Gasteiger partial charge in [-0.15, -0.1) is 0 Å². The molecule has 0 fully saturated rings. The van der Waals surface area contributed by atoms with Gasteiger partial charge < -0.3 is 37.2 Å². The SMILES string of the molecule is CC1=Cc2ccccc2[C]1([Zr+3])B(c1c(F)c(F)c(F)c(F)c1F)c1c(F)c(F)c(F)c(F)c1F.[Cl-].[Cl-].[Cl-]. The zero-order valence-electron chi connectivity index (χ0n) is 17.9. The van der Waals surface area contributed by atoms with Crippen LogP contribution in [0.4, 0.5) is 43.9 Å². The van der Waals surface area contributed by atoms with Crippen LogP contribution < -0.4 is 48.1 Å². The van der Waals surface area contributed by atoms with Crippen LogP contribution in [0, 0.1) is 58.2 Å². The van der Waals surface area contributed by atoms with E-state index < -0.39 is 78.8 Å². The van der Waals surface area contributed by atoms with Crippen LogP contribution in [0.2, 0.25) is 0 Å². The van der Waals surface area contributed by atoms with E-state index in [1.54, 1.807) is 6.07 Å². The summed E-state index contributed by atoms with van der Waals surface area (Å²) in [5.74, 6) is -24.5. The molecule has 0 nitrogen and oxygen atoms in total. The van der Waals surface area contributed by atoms with Gasteiger partial charge in [0.25, 0.3) is 0 Å². The Bertz CT molecular complexity index is 1290. The number of benzene rings is 3. The summed E-state index contributed by atoms with van der Waals surface area (Å²) in [6.07, 6.45) is 1.44. The van der Waals surface area contributed by atoms with Crippen LogP contribution in [0.3, 0.4) is 0 Å². The summed E-state index contributed by atoms with van der Waals surface area (Å²) in [6, 6.07) is 5.88. The molecule has 15 heteroatoms. The van der Waals surface area contributed by atoms with E-state index in [1.165, 1.54) is 31.2 Å². The molecule has 0 radical (unpaired) electrons. The van der Waals surface area contributed by atoms with Gasteiger partial charge in [0.1, 0.15) is 0 Å². The predicted octanol–water partition coefficient (Wildman–Crippen LogP) is -3.90. The van der Waals surface area contributed by atoms with E-state index >= 15 is 0 Å². The first-order valence-corrected chi connectivity index (χ1v) is 10.6. The Morgan fingerprint density at radius 2 is 0.892 bits per heavy atom. The first-order valence-electron chi connectivity index (χ1n) is 9.41. The molecule has 0 spiro atoms. The van der Waals surface area contributed by atoms with Crippen LogP contribution in [0.25, 0.3) is 6.08 Å². The Morgan fingerprint density at radius 3 is 1.27 bits per heavy atom. The first-order chi connectivity index (χ1) is 15.8. The maximum atomic E-state index is 15.0. The van der Waals surface area contributed by atoms with Crippen LogP contribution in [0.15, 0.2) is 29.8 Å². The third kappa shape index (κ3) is 4.77. The van der Waals surface area contributed by atoms with Gasteiger partial charge >= 0.3 is 201 Å². The van der Waals surface area contributed by atoms with Crippen LogP contribution >= 0.6 is 0 Å². The number of fused-ring (bicyclic) bond motifs is 1. The third-order valence-electron chi connectivity index (χ3n) is 5.88. The molecule has 0 heterocycles. The summed E-state index contributed by atoms with van der Waals surface area (Å²) >= 11 is 0.221. The smallest absolute Gasteiger partial charge is 1.00 e. The van der Waals surface area contributed by atoms with Gasteiger partial charge in [-0.3, -0.25) is 0 Å². The van der Waals surface area contributed by atoms with Crippen molar-refractivity contribution < 1.29 is 106 Å². The molecule has 0 saturated carbocycles. The van der Waals surface area contributed by atoms with Gasteiger partial charge in [-0.1, -0.05) is 0 Å². The fraction of sp³-hybridized carbons (Fsp3) is 0.0909. The zero-order valence-corrected chi connectivity index (χ0v) is 22.6. The molecule has 194 valence electrons. The summed E-state index contributed by atoms with van der Waals surface area (Å²) in [5, 5.41) is 0. The van der Waals surface area contributed by atoms with Crippen molar-refractivity contribution in [2.24, 2.45) is 0 Å². The molecule has 3 aromatic rings. The normalized spacial score (nSPS) is 15.8. The molecule has 0 saturated heterocycles. The average molecular weight is 671 g/mol. The summed E-state index contributed by atoms with van der Waals surface area (Å²) in [7, 11) is 0. The zero-order chi connectivity index (χ0) is 25.3. The van der Waals surface area contributed by atoms with Crippen LogP contribution in [-0.4, -0.2) is 6.71 Å². The van der Waals surface area contributed by atoms with Gasteiger partial charge in [0.15, 0.2) is 0 Å². The van der Waals surface area contributed by atoms with E-state index in [0.29, 0.717) is 5.56 Å². The van der Waals surface area contributed by atoms with E-state index in [9.17, 15) is 43.9 Å². The van der Waals surface area contributed by atoms with Crippen molar-refractivity contribution in [2.75, 3.05) is 0 Å². The summed E-state index contributed by atoms with van der Waals surface area (Å²) in [5.41, 5.74) is -2.72. The van der Waals surface area contributed by atoms with Crippen molar-refractivity contribution in [3.8, 4) is 0 Å². The minimum Gasteiger partial charge on any atom is -1.00 e. The Hall–Kier alpha value is -1.48. The number of rotatable bonds is 3. The minimum atomic E-state index is -2.54. The van der Waals surface area contributed by atoms with Crippen LogP contribution in [-0.2, 0) is 27.7 Å². The largest absolute Gasteiger partial charge is 1.00 e. The second-order valence-corrected chi connectivity index (χ2v) is 9.56. The van der Waals surface area contributed by atoms with Crippen LogP contribution in [0.5, 0.6) is 0 Å². The van der Waals surface area contributed by atoms with Crippen molar-refractivity contribution in [1.29, 1.82) is 0 Å². The van der Waals surface area contributed by atoms with E-state index in [2.05, 4.69) is 0 Å². The molecule has 1 aliphatic rings. The summed E-state index contributed by atoms with van der Waals surface area (Å²) < 4.78 is 142. The predicted molar refractivity (Wildman–Crippen MR) is 99.3 cm³/mol. The monoisotopic (exact) mass is 668 g/mol. The molecule has 1 aliphatic carbocycles. The van der Waals surface area contributed by atoms with Crippen LogP contribution in [0.1, 0.15) is 18.1 Å². The first kappa shape index (κ1) is 33.5. The Morgan fingerprint density at radius 1 is 0.568 bits per heavy atom. The maximum Gasteiger partial charge on any atom is -1.00 e. The average Bonchev–Trinajstić information content (AvgIpc) is 3.08. The molecule has 0 N–H and O–H groups in total. The molecular formula is C22H8BCl3F10Zr. The number of hydrogen-bond acceptors (Lipinski definition) is 0. The molecular weight excluding hydrogens is 663 g/mol. The third-order valence-corrected chi connectivity index (χ3v) is 8.22. The molecule has 0 aliphatic heterocycles. The van der Waals surface area contributed by atoms with Crippen molar-refractivity contribution in [3.05, 3.63) is 99.1 Å². The van der Waals surface area contributed by atoms with Gasteiger partial charge in [0.05, 0.1) is 0 Å². The fourth-order valence-electron chi connectivity index (χ4n) is 4.25. The van der Waals surface area contributed by atoms with Gasteiger partial charge in [0.2, 0.25) is 0 Å². The number of allylic oxidation sites excluding steroid dienone is 1. The quantitative estimate of drug-likeness (QED) is 0.116. The molecule has 37 heavy (non-hydrogen) atoms. The topological polar surface area (TPSA) is 0 Å². The fourth-order valence-corrected chi connectivity index (χ4v) is 5.70. The van der Waals surface area contributed by atoms with Gasteiger partial charge in [0, 0.05) is 0 Å². The van der Waals surface area contributed by atoms with E-state index in [4.69, 9.17) is 0 Å². The van der Waals surface area contributed by atoms with E-state index in [-0.39, 0.29) is 73.1 Å². The molecule has 1 unspecified atom stereocenters. The molecule has 0 bridgehead atoms. The van der Waals surface area contributed by atoms with Crippen molar-refractivity contribution in [1.82, 2.24) is 0 Å². The van der Waals surface area contributed by atoms with E-state index in [1.807, 2.05) is 0 Å². The number of halogens is 13. The second kappa shape index (κ2) is 11.7. The Balaban J connectivity index is 0.00000228. The van der Waals surface area contributed by atoms with Crippen molar-refractivity contribution in [2.45, 2.75) is 9.95 Å². The standard InChI is InChI=1S/C22H8BF10.3ClH.Zr/c1-7-6-8-4-2-3-5-9(8)10(7)23(11-13(24)17(28)21(32)18(29)14(11)25)12-15(26)19(30)22(33)20(31)16(12)27;;;;/h2-6H,1H3;3*1H;/q;;;;+3/p-3. The van der Waals surface area contributed by atoms with Crippen molar-refractivity contribution in [3.63, 3.8) is 0 Å². The summed E-state index contributed by atoms with van der Waals surface area (Å²) in [4.78, 5) is 0. The van der Waals surface area contributed by atoms with Crippen molar-refractivity contribution >= 4 is 23.7 Å². The number of hydrogen-bond donors (Lipinski definition) is 0. The maximum absolute atomic E-state index is 15.0.